The van der Waals surface area contributed by atoms with Crippen molar-refractivity contribution in [1.82, 2.24) is 10.7 Å². The summed E-state index contributed by atoms with van der Waals surface area (Å²) in [6.07, 6.45) is 0. The Morgan fingerprint density at radius 2 is 2.00 bits per heavy atom. The summed E-state index contributed by atoms with van der Waals surface area (Å²) in [6, 6.07) is 8.88. The van der Waals surface area contributed by atoms with Crippen LogP contribution in [0.2, 0.25) is 0 Å². The highest BCUT2D eigenvalue weighted by molar-refractivity contribution is 7.80. The number of nitrogens with two attached hydrogens (primary N) is 1. The zero-order chi connectivity index (χ0) is 13.1. The average Bonchev–Trinajstić information content (AvgIpc) is 2.62. The maximum absolute atomic E-state index is 11.7. The van der Waals surface area contributed by atoms with Gasteiger partial charge in [0.2, 0.25) is 5.91 Å². The van der Waals surface area contributed by atoms with E-state index in [1.54, 1.807) is 24.3 Å². The van der Waals surface area contributed by atoms with Crippen LogP contribution in [0.25, 0.3) is 0 Å². The van der Waals surface area contributed by atoms with E-state index in [0.717, 1.165) is 0 Å². The van der Waals surface area contributed by atoms with Crippen LogP contribution in [-0.2, 0) is 9.59 Å². The van der Waals surface area contributed by atoms with Gasteiger partial charge in [-0.25, -0.2) is 0 Å². The first-order chi connectivity index (χ1) is 8.59. The van der Waals surface area contributed by atoms with Gasteiger partial charge in [0.25, 0.3) is 5.91 Å². The molecule has 0 radical (unpaired) electrons. The number of nitrogens with one attached hydrogen (secondary N) is 2. The van der Waals surface area contributed by atoms with E-state index in [2.05, 4.69) is 28.1 Å². The molecule has 2 amide bonds. The van der Waals surface area contributed by atoms with Crippen LogP contribution < -0.4 is 16.5 Å². The Labute approximate surface area is 108 Å². The third-order valence-electron chi connectivity index (χ3n) is 2.42. The molecular formula is C11H10N4O2S. The molecular weight excluding hydrogens is 252 g/mol. The number of rotatable bonds is 2. The molecule has 4 N–H and O–H groups in total. The van der Waals surface area contributed by atoms with E-state index < -0.39 is 17.7 Å². The van der Waals surface area contributed by atoms with Gasteiger partial charge in [-0.3, -0.25) is 20.3 Å². The molecule has 1 unspecified atom stereocenters. The Morgan fingerprint density at radius 1 is 1.33 bits per heavy atom. The molecule has 0 aliphatic carbocycles. The molecule has 1 aliphatic heterocycles. The summed E-state index contributed by atoms with van der Waals surface area (Å²) in [6.45, 7) is 0. The summed E-state index contributed by atoms with van der Waals surface area (Å²) in [5.41, 5.74) is 8.29. The van der Waals surface area contributed by atoms with Crippen molar-refractivity contribution in [3.8, 4) is 0 Å². The molecule has 0 aromatic heterocycles. The van der Waals surface area contributed by atoms with Crippen LogP contribution in [0.4, 0.5) is 0 Å². The monoisotopic (exact) mass is 262 g/mol. The van der Waals surface area contributed by atoms with Gasteiger partial charge in [0.1, 0.15) is 11.6 Å². The number of hydrazone groups is 1. The molecule has 6 nitrogen and oxygen atoms in total. The molecule has 1 heterocycles. The first-order valence-corrected chi connectivity index (χ1v) is 5.53. The Hall–Kier alpha value is -2.28. The zero-order valence-electron chi connectivity index (χ0n) is 9.21. The van der Waals surface area contributed by atoms with Gasteiger partial charge >= 0.3 is 0 Å². The Balaban J connectivity index is 2.37. The topological polar surface area (TPSA) is 96.6 Å². The van der Waals surface area contributed by atoms with Crippen LogP contribution in [0.15, 0.2) is 35.4 Å². The largest absolute Gasteiger partial charge is 0.375 e. The lowest BCUT2D eigenvalue weighted by molar-refractivity contribution is -0.124. The third-order valence-corrected chi connectivity index (χ3v) is 2.52. The molecule has 2 rings (SSSR count). The predicted octanol–water partition coefficient (Wildman–Crippen LogP) is -0.384. The SMILES string of the molecule is NC(=S)N/N=C1\C(=O)NC(=O)C1c1ccccc1. The normalized spacial score (nSPS) is 20.9. The summed E-state index contributed by atoms with van der Waals surface area (Å²) in [7, 11) is 0. The quantitative estimate of drug-likeness (QED) is 0.383. The van der Waals surface area contributed by atoms with Crippen molar-refractivity contribution in [3.05, 3.63) is 35.9 Å². The number of amides is 2. The maximum Gasteiger partial charge on any atom is 0.275 e. The molecule has 1 aromatic rings. The molecule has 0 spiro atoms. The maximum atomic E-state index is 11.7. The average molecular weight is 262 g/mol. The second-order valence-electron chi connectivity index (χ2n) is 3.64. The van der Waals surface area contributed by atoms with Crippen molar-refractivity contribution in [2.75, 3.05) is 0 Å². The van der Waals surface area contributed by atoms with Crippen molar-refractivity contribution < 1.29 is 9.59 Å². The van der Waals surface area contributed by atoms with E-state index in [4.69, 9.17) is 5.73 Å². The lowest BCUT2D eigenvalue weighted by Crippen LogP contribution is -2.28. The smallest absolute Gasteiger partial charge is 0.275 e. The summed E-state index contributed by atoms with van der Waals surface area (Å²) in [5.74, 6) is -1.69. The molecule has 1 aliphatic rings. The molecule has 1 atom stereocenters. The second-order valence-corrected chi connectivity index (χ2v) is 4.07. The first kappa shape index (κ1) is 12.2. The fourth-order valence-electron chi connectivity index (χ4n) is 1.69. The summed E-state index contributed by atoms with van der Waals surface area (Å²) in [5, 5.41) is 5.92. The standard InChI is InChI=1S/C11H10N4O2S/c12-11(18)15-14-8-7(9(16)13-10(8)17)6-4-2-1-3-5-6/h1-5,7H,(H3,12,15,18)(H,13,16,17)/b14-8-. The van der Waals surface area contributed by atoms with E-state index >= 15 is 0 Å². The van der Waals surface area contributed by atoms with Gasteiger partial charge in [0, 0.05) is 0 Å². The van der Waals surface area contributed by atoms with Crippen LogP contribution in [0.5, 0.6) is 0 Å². The molecule has 92 valence electrons. The number of benzene rings is 1. The van der Waals surface area contributed by atoms with Gasteiger partial charge in [0.15, 0.2) is 5.11 Å². The molecule has 1 aromatic carbocycles. The van der Waals surface area contributed by atoms with Gasteiger partial charge in [0.05, 0.1) is 0 Å². The van der Waals surface area contributed by atoms with Crippen molar-refractivity contribution in [2.24, 2.45) is 10.8 Å². The Morgan fingerprint density at radius 3 is 2.61 bits per heavy atom. The Kier molecular flexibility index (Phi) is 3.33. The van der Waals surface area contributed by atoms with Crippen molar-refractivity contribution in [2.45, 2.75) is 5.92 Å². The number of hydrogen-bond donors (Lipinski definition) is 3. The minimum atomic E-state index is -0.736. The van der Waals surface area contributed by atoms with E-state index in [1.807, 2.05) is 6.07 Å². The lowest BCUT2D eigenvalue weighted by Gasteiger charge is -2.07. The van der Waals surface area contributed by atoms with Crippen LogP contribution >= 0.6 is 12.2 Å². The molecule has 0 bridgehead atoms. The van der Waals surface area contributed by atoms with Gasteiger partial charge in [-0.2, -0.15) is 5.10 Å². The van der Waals surface area contributed by atoms with E-state index in [1.165, 1.54) is 0 Å². The number of carbonyl (C=O) groups excluding carboxylic acids is 2. The number of thiocarbonyl (C=S) groups is 1. The van der Waals surface area contributed by atoms with Crippen LogP contribution in [0.1, 0.15) is 11.5 Å². The number of imide groups is 1. The second kappa shape index (κ2) is 4.92. The van der Waals surface area contributed by atoms with Gasteiger partial charge in [-0.1, -0.05) is 30.3 Å². The molecule has 1 fully saturated rings. The number of carbonyl (C=O) groups is 2. The van der Waals surface area contributed by atoms with Crippen LogP contribution in [0.3, 0.4) is 0 Å². The minimum Gasteiger partial charge on any atom is -0.375 e. The van der Waals surface area contributed by atoms with Gasteiger partial charge < -0.3 is 5.73 Å². The fourth-order valence-corrected chi connectivity index (χ4v) is 1.73. The molecule has 1 saturated heterocycles. The number of hydrogen-bond acceptors (Lipinski definition) is 4. The van der Waals surface area contributed by atoms with Crippen LogP contribution in [0, 0.1) is 0 Å². The third kappa shape index (κ3) is 2.35. The van der Waals surface area contributed by atoms with Crippen molar-refractivity contribution in [3.63, 3.8) is 0 Å². The zero-order valence-corrected chi connectivity index (χ0v) is 10.0. The van der Waals surface area contributed by atoms with Gasteiger partial charge in [-0.15, -0.1) is 0 Å². The number of nitrogens with zero attached hydrogens (tertiary/aromatic N) is 1. The first-order valence-electron chi connectivity index (χ1n) is 5.12. The van der Waals surface area contributed by atoms with Crippen LogP contribution in [-0.4, -0.2) is 22.6 Å². The summed E-state index contributed by atoms with van der Waals surface area (Å²) >= 11 is 4.60. The van der Waals surface area contributed by atoms with E-state index in [-0.39, 0.29) is 10.8 Å². The predicted molar refractivity (Wildman–Crippen MR) is 69.7 cm³/mol. The Bertz CT molecular complexity index is 541. The fraction of sp³-hybridized carbons (Fsp3) is 0.0909. The minimum absolute atomic E-state index is 0.0546. The highest BCUT2D eigenvalue weighted by Crippen LogP contribution is 2.21. The highest BCUT2D eigenvalue weighted by Gasteiger charge is 2.39. The highest BCUT2D eigenvalue weighted by atomic mass is 32.1. The molecule has 18 heavy (non-hydrogen) atoms. The van der Waals surface area contributed by atoms with E-state index in [0.29, 0.717) is 5.56 Å². The molecule has 7 heteroatoms. The van der Waals surface area contributed by atoms with Gasteiger partial charge in [-0.05, 0) is 17.8 Å². The summed E-state index contributed by atoms with van der Waals surface area (Å²) < 4.78 is 0. The van der Waals surface area contributed by atoms with Crippen molar-refractivity contribution >= 4 is 34.9 Å². The summed E-state index contributed by atoms with van der Waals surface area (Å²) in [4.78, 5) is 23.3. The van der Waals surface area contributed by atoms with Crippen molar-refractivity contribution in [1.29, 1.82) is 0 Å². The lowest BCUT2D eigenvalue weighted by atomic mass is 9.96. The van der Waals surface area contributed by atoms with E-state index in [9.17, 15) is 9.59 Å². The molecule has 0 saturated carbocycles.